The van der Waals surface area contributed by atoms with E-state index in [1.807, 2.05) is 25.2 Å². The minimum absolute atomic E-state index is 0.193. The Balaban J connectivity index is 2.07. The Labute approximate surface area is 134 Å². The highest BCUT2D eigenvalue weighted by molar-refractivity contribution is 6.31. The molecule has 0 fully saturated rings. The lowest BCUT2D eigenvalue weighted by Crippen LogP contribution is -2.32. The molecule has 1 aliphatic rings. The maximum absolute atomic E-state index is 6.10. The van der Waals surface area contributed by atoms with Gasteiger partial charge in [-0.3, -0.25) is 0 Å². The number of hydrogen-bond acceptors (Lipinski definition) is 3. The zero-order chi connectivity index (χ0) is 15.5. The Kier molecular flexibility index (Phi) is 2.73. The monoisotopic (exact) mass is 309 g/mol. The molecule has 1 aromatic heterocycles. The van der Waals surface area contributed by atoms with Crippen molar-refractivity contribution in [2.75, 3.05) is 11.9 Å². The lowest BCUT2D eigenvalue weighted by molar-refractivity contribution is 0.604. The summed E-state index contributed by atoms with van der Waals surface area (Å²) in [7, 11) is 2.04. The van der Waals surface area contributed by atoms with Crippen LogP contribution in [0.2, 0.25) is 5.02 Å². The summed E-state index contributed by atoms with van der Waals surface area (Å²) in [5.74, 6) is 0.915. The summed E-state index contributed by atoms with van der Waals surface area (Å²) in [5.41, 5.74) is 4.95. The van der Waals surface area contributed by atoms with Crippen LogP contribution in [0, 0.1) is 0 Å². The Morgan fingerprint density at radius 1 is 1.00 bits per heavy atom. The Bertz CT molecular complexity index is 902. The molecule has 0 amide bonds. The number of fused-ring (bicyclic) bond motifs is 3. The predicted octanol–water partition coefficient (Wildman–Crippen LogP) is 4.69. The molecule has 2 heterocycles. The Morgan fingerprint density at radius 2 is 1.77 bits per heavy atom. The van der Waals surface area contributed by atoms with Crippen molar-refractivity contribution in [3.05, 3.63) is 58.7 Å². The Hall–Kier alpha value is -2.13. The van der Waals surface area contributed by atoms with Gasteiger partial charge in [0.15, 0.2) is 5.82 Å². The molecule has 3 aromatic rings. The summed E-state index contributed by atoms with van der Waals surface area (Å²) in [4.78, 5) is 11.8. The molecule has 0 bridgehead atoms. The zero-order valence-corrected chi connectivity index (χ0v) is 13.5. The standard InChI is InChI=1S/C18H16ClN3/c1-18(2)12-6-4-5-7-15(12)22(3)17-16(18)20-14-10-11(19)8-9-13(14)21-17/h4-10H,1-3H3. The van der Waals surface area contributed by atoms with Gasteiger partial charge < -0.3 is 4.90 Å². The molecular formula is C18H16ClN3. The summed E-state index contributed by atoms with van der Waals surface area (Å²) in [6.07, 6.45) is 0. The fourth-order valence-electron chi connectivity index (χ4n) is 3.21. The average molecular weight is 310 g/mol. The number of para-hydroxylation sites is 1. The molecule has 3 nitrogen and oxygen atoms in total. The number of aromatic nitrogens is 2. The molecule has 4 rings (SSSR count). The van der Waals surface area contributed by atoms with E-state index in [4.69, 9.17) is 21.6 Å². The van der Waals surface area contributed by atoms with Gasteiger partial charge >= 0.3 is 0 Å². The van der Waals surface area contributed by atoms with Crippen molar-refractivity contribution in [3.8, 4) is 0 Å². The summed E-state index contributed by atoms with van der Waals surface area (Å²) >= 11 is 6.10. The van der Waals surface area contributed by atoms with Gasteiger partial charge in [0.2, 0.25) is 0 Å². The first kappa shape index (κ1) is 13.5. The van der Waals surface area contributed by atoms with Crippen molar-refractivity contribution in [3.63, 3.8) is 0 Å². The van der Waals surface area contributed by atoms with E-state index in [0.717, 1.165) is 22.5 Å². The molecule has 1 aliphatic heterocycles. The van der Waals surface area contributed by atoms with Crippen LogP contribution in [-0.2, 0) is 5.41 Å². The van der Waals surface area contributed by atoms with Gasteiger partial charge in [-0.05, 0) is 43.7 Å². The third-order valence-corrected chi connectivity index (χ3v) is 4.69. The van der Waals surface area contributed by atoms with Crippen molar-refractivity contribution in [2.45, 2.75) is 19.3 Å². The fraction of sp³-hybridized carbons (Fsp3) is 0.222. The second-order valence-corrected chi connectivity index (χ2v) is 6.67. The molecule has 0 unspecified atom stereocenters. The maximum atomic E-state index is 6.10. The van der Waals surface area contributed by atoms with Gasteiger partial charge in [0.1, 0.15) is 0 Å². The van der Waals surface area contributed by atoms with Crippen LogP contribution >= 0.6 is 11.6 Å². The van der Waals surface area contributed by atoms with E-state index in [2.05, 4.69) is 43.0 Å². The van der Waals surface area contributed by atoms with Gasteiger partial charge in [-0.15, -0.1) is 0 Å². The van der Waals surface area contributed by atoms with E-state index in [0.29, 0.717) is 5.02 Å². The van der Waals surface area contributed by atoms with E-state index in [-0.39, 0.29) is 5.41 Å². The van der Waals surface area contributed by atoms with Crippen LogP contribution in [0.3, 0.4) is 0 Å². The minimum atomic E-state index is -0.193. The van der Waals surface area contributed by atoms with E-state index < -0.39 is 0 Å². The number of benzene rings is 2. The average Bonchev–Trinajstić information content (AvgIpc) is 2.52. The summed E-state index contributed by atoms with van der Waals surface area (Å²) in [5, 5.41) is 0.684. The van der Waals surface area contributed by atoms with Crippen LogP contribution in [0.4, 0.5) is 11.5 Å². The van der Waals surface area contributed by atoms with Crippen LogP contribution in [-0.4, -0.2) is 17.0 Å². The van der Waals surface area contributed by atoms with Crippen molar-refractivity contribution >= 4 is 34.1 Å². The highest BCUT2D eigenvalue weighted by Gasteiger charge is 2.37. The van der Waals surface area contributed by atoms with Crippen molar-refractivity contribution in [2.24, 2.45) is 0 Å². The van der Waals surface area contributed by atoms with E-state index in [9.17, 15) is 0 Å². The fourth-order valence-corrected chi connectivity index (χ4v) is 3.37. The van der Waals surface area contributed by atoms with Crippen molar-refractivity contribution < 1.29 is 0 Å². The summed E-state index contributed by atoms with van der Waals surface area (Å²) in [6.45, 7) is 4.39. The quantitative estimate of drug-likeness (QED) is 0.603. The van der Waals surface area contributed by atoms with Gasteiger partial charge in [-0.1, -0.05) is 29.8 Å². The van der Waals surface area contributed by atoms with Gasteiger partial charge in [0, 0.05) is 23.2 Å². The lowest BCUT2D eigenvalue weighted by atomic mass is 9.77. The smallest absolute Gasteiger partial charge is 0.156 e. The van der Waals surface area contributed by atoms with E-state index in [1.165, 1.54) is 11.3 Å². The molecular weight excluding hydrogens is 294 g/mol. The highest BCUT2D eigenvalue weighted by atomic mass is 35.5. The third kappa shape index (κ3) is 1.75. The lowest BCUT2D eigenvalue weighted by Gasteiger charge is -2.38. The molecule has 2 aromatic carbocycles. The van der Waals surface area contributed by atoms with Gasteiger partial charge in [0.25, 0.3) is 0 Å². The topological polar surface area (TPSA) is 29.0 Å². The van der Waals surface area contributed by atoms with Crippen molar-refractivity contribution in [1.29, 1.82) is 0 Å². The number of anilines is 2. The Morgan fingerprint density at radius 3 is 2.59 bits per heavy atom. The molecule has 4 heteroatoms. The first-order valence-electron chi connectivity index (χ1n) is 7.29. The first-order chi connectivity index (χ1) is 10.5. The molecule has 0 aliphatic carbocycles. The molecule has 0 saturated heterocycles. The van der Waals surface area contributed by atoms with E-state index in [1.54, 1.807) is 0 Å². The third-order valence-electron chi connectivity index (χ3n) is 4.46. The minimum Gasteiger partial charge on any atom is -0.328 e. The largest absolute Gasteiger partial charge is 0.328 e. The van der Waals surface area contributed by atoms with Crippen LogP contribution in [0.25, 0.3) is 11.0 Å². The molecule has 22 heavy (non-hydrogen) atoms. The van der Waals surface area contributed by atoms with Gasteiger partial charge in [-0.2, -0.15) is 0 Å². The van der Waals surface area contributed by atoms with Crippen LogP contribution in [0.5, 0.6) is 0 Å². The van der Waals surface area contributed by atoms with Crippen LogP contribution in [0.1, 0.15) is 25.1 Å². The molecule has 0 atom stereocenters. The second-order valence-electron chi connectivity index (χ2n) is 6.23. The second kappa shape index (κ2) is 4.43. The van der Waals surface area contributed by atoms with Crippen LogP contribution in [0.15, 0.2) is 42.5 Å². The number of halogens is 1. The molecule has 0 spiro atoms. The molecule has 110 valence electrons. The van der Waals surface area contributed by atoms with Crippen molar-refractivity contribution in [1.82, 2.24) is 9.97 Å². The van der Waals surface area contributed by atoms with Gasteiger partial charge in [-0.25, -0.2) is 9.97 Å². The number of hydrogen-bond donors (Lipinski definition) is 0. The SMILES string of the molecule is CN1c2ccccc2C(C)(C)c2nc3cc(Cl)ccc3nc21. The summed E-state index contributed by atoms with van der Waals surface area (Å²) < 4.78 is 0. The van der Waals surface area contributed by atoms with E-state index >= 15 is 0 Å². The predicted molar refractivity (Wildman–Crippen MR) is 91.2 cm³/mol. The number of rotatable bonds is 0. The highest BCUT2D eigenvalue weighted by Crippen LogP contribution is 2.46. The number of nitrogens with zero attached hydrogens (tertiary/aromatic N) is 3. The molecule has 0 saturated carbocycles. The van der Waals surface area contributed by atoms with Gasteiger partial charge in [0.05, 0.1) is 16.7 Å². The maximum Gasteiger partial charge on any atom is 0.156 e. The normalized spacial score (nSPS) is 15.5. The molecule has 0 radical (unpaired) electrons. The van der Waals surface area contributed by atoms with Crippen LogP contribution < -0.4 is 4.90 Å². The summed E-state index contributed by atoms with van der Waals surface area (Å²) in [6, 6.07) is 14.1. The molecule has 0 N–H and O–H groups in total. The first-order valence-corrected chi connectivity index (χ1v) is 7.67. The zero-order valence-electron chi connectivity index (χ0n) is 12.8.